The molecule has 3 N–H and O–H groups in total. The van der Waals surface area contributed by atoms with E-state index in [0.717, 1.165) is 13.1 Å². The summed E-state index contributed by atoms with van der Waals surface area (Å²) in [6.07, 6.45) is 0. The summed E-state index contributed by atoms with van der Waals surface area (Å²) in [5.41, 5.74) is 7.47. The quantitative estimate of drug-likeness (QED) is 0.766. The fourth-order valence-electron chi connectivity index (χ4n) is 2.06. The Morgan fingerprint density at radius 1 is 1.33 bits per heavy atom. The summed E-state index contributed by atoms with van der Waals surface area (Å²) in [4.78, 5) is 2.23. The third-order valence-corrected chi connectivity index (χ3v) is 2.91. The van der Waals surface area contributed by atoms with Crippen LogP contribution in [0.1, 0.15) is 18.1 Å². The van der Waals surface area contributed by atoms with E-state index < -0.39 is 5.60 Å². The number of rotatable bonds is 3. The van der Waals surface area contributed by atoms with Crippen molar-refractivity contribution in [2.24, 2.45) is 5.73 Å². The highest BCUT2D eigenvalue weighted by Crippen LogP contribution is 2.23. The number of fused-ring (bicyclic) bond motifs is 1. The molecule has 0 amide bonds. The summed E-state index contributed by atoms with van der Waals surface area (Å²) >= 11 is 0. The largest absolute Gasteiger partial charge is 0.388 e. The van der Waals surface area contributed by atoms with Crippen LogP contribution in [-0.2, 0) is 13.1 Å². The third kappa shape index (κ3) is 2.37. The predicted molar refractivity (Wildman–Crippen MR) is 60.2 cm³/mol. The van der Waals surface area contributed by atoms with Crippen molar-refractivity contribution < 1.29 is 5.11 Å². The molecule has 0 aliphatic carbocycles. The molecule has 1 atom stereocenters. The summed E-state index contributed by atoms with van der Waals surface area (Å²) in [6.45, 7) is 4.58. The second kappa shape index (κ2) is 3.93. The first-order valence-corrected chi connectivity index (χ1v) is 5.32. The van der Waals surface area contributed by atoms with Gasteiger partial charge in [-0.25, -0.2) is 0 Å². The summed E-state index contributed by atoms with van der Waals surface area (Å²) in [6, 6.07) is 8.41. The Hall–Kier alpha value is -0.900. The zero-order chi connectivity index (χ0) is 10.9. The van der Waals surface area contributed by atoms with Crippen LogP contribution in [0.3, 0.4) is 0 Å². The highest BCUT2D eigenvalue weighted by molar-refractivity contribution is 5.30. The number of nitrogens with zero attached hydrogens (tertiary/aromatic N) is 1. The van der Waals surface area contributed by atoms with Gasteiger partial charge in [0, 0.05) is 26.2 Å². The van der Waals surface area contributed by atoms with E-state index >= 15 is 0 Å². The Labute approximate surface area is 90.5 Å². The molecule has 1 heterocycles. The van der Waals surface area contributed by atoms with Crippen LogP contribution in [-0.4, -0.2) is 28.7 Å². The zero-order valence-corrected chi connectivity index (χ0v) is 9.11. The number of aliphatic hydroxyl groups is 1. The molecule has 1 unspecified atom stereocenters. The van der Waals surface area contributed by atoms with Gasteiger partial charge in [0.2, 0.25) is 0 Å². The molecular formula is C12H18N2O. The number of hydrogen-bond donors (Lipinski definition) is 2. The van der Waals surface area contributed by atoms with Crippen LogP contribution in [0.2, 0.25) is 0 Å². The minimum absolute atomic E-state index is 0.305. The lowest BCUT2D eigenvalue weighted by Gasteiger charge is -2.27. The van der Waals surface area contributed by atoms with Gasteiger partial charge in [0.1, 0.15) is 0 Å². The maximum atomic E-state index is 9.90. The van der Waals surface area contributed by atoms with Crippen LogP contribution in [0.15, 0.2) is 24.3 Å². The van der Waals surface area contributed by atoms with Gasteiger partial charge in [-0.2, -0.15) is 0 Å². The third-order valence-electron chi connectivity index (χ3n) is 2.91. The maximum absolute atomic E-state index is 9.90. The summed E-state index contributed by atoms with van der Waals surface area (Å²) in [5, 5.41) is 9.90. The molecule has 3 nitrogen and oxygen atoms in total. The van der Waals surface area contributed by atoms with E-state index in [0.29, 0.717) is 13.1 Å². The van der Waals surface area contributed by atoms with Crippen LogP contribution in [0.25, 0.3) is 0 Å². The highest BCUT2D eigenvalue weighted by atomic mass is 16.3. The lowest BCUT2D eigenvalue weighted by molar-refractivity contribution is 0.0261. The fraction of sp³-hybridized carbons (Fsp3) is 0.500. The number of hydrogen-bond acceptors (Lipinski definition) is 3. The number of nitrogens with two attached hydrogens (primary N) is 1. The van der Waals surface area contributed by atoms with E-state index in [-0.39, 0.29) is 0 Å². The van der Waals surface area contributed by atoms with Crippen molar-refractivity contribution >= 4 is 0 Å². The van der Waals surface area contributed by atoms with E-state index in [4.69, 9.17) is 5.73 Å². The zero-order valence-electron chi connectivity index (χ0n) is 9.11. The second-order valence-corrected chi connectivity index (χ2v) is 4.61. The first kappa shape index (κ1) is 10.6. The summed E-state index contributed by atoms with van der Waals surface area (Å²) < 4.78 is 0. The average molecular weight is 206 g/mol. The van der Waals surface area contributed by atoms with Crippen molar-refractivity contribution in [3.05, 3.63) is 35.4 Å². The van der Waals surface area contributed by atoms with Crippen molar-refractivity contribution in [1.82, 2.24) is 4.90 Å². The van der Waals surface area contributed by atoms with Crippen molar-refractivity contribution in [3.8, 4) is 0 Å². The van der Waals surface area contributed by atoms with E-state index in [1.165, 1.54) is 11.1 Å². The monoisotopic (exact) mass is 206 g/mol. The molecule has 1 aromatic carbocycles. The average Bonchev–Trinajstić information content (AvgIpc) is 2.58. The SMILES string of the molecule is CC(O)(CN)CN1Cc2ccccc2C1. The van der Waals surface area contributed by atoms with E-state index in [2.05, 4.69) is 29.2 Å². The molecule has 15 heavy (non-hydrogen) atoms. The minimum Gasteiger partial charge on any atom is -0.388 e. The molecule has 0 spiro atoms. The van der Waals surface area contributed by atoms with Crippen molar-refractivity contribution in [2.75, 3.05) is 13.1 Å². The minimum atomic E-state index is -0.776. The van der Waals surface area contributed by atoms with Crippen molar-refractivity contribution in [3.63, 3.8) is 0 Å². The molecule has 1 aliphatic rings. The fourth-order valence-corrected chi connectivity index (χ4v) is 2.06. The van der Waals surface area contributed by atoms with Gasteiger partial charge >= 0.3 is 0 Å². The van der Waals surface area contributed by atoms with Gasteiger partial charge in [-0.15, -0.1) is 0 Å². The molecule has 0 saturated heterocycles. The standard InChI is InChI=1S/C12H18N2O/c1-12(15,8-13)9-14-6-10-4-2-3-5-11(10)7-14/h2-5,15H,6-9,13H2,1H3. The van der Waals surface area contributed by atoms with Gasteiger partial charge in [-0.1, -0.05) is 24.3 Å². The summed E-state index contributed by atoms with van der Waals surface area (Å²) in [7, 11) is 0. The molecule has 82 valence electrons. The molecule has 0 radical (unpaired) electrons. The molecule has 0 bridgehead atoms. The van der Waals surface area contributed by atoms with Gasteiger partial charge < -0.3 is 10.8 Å². The van der Waals surface area contributed by atoms with Gasteiger partial charge in [-0.3, -0.25) is 4.90 Å². The van der Waals surface area contributed by atoms with Gasteiger partial charge in [0.15, 0.2) is 0 Å². The number of benzene rings is 1. The van der Waals surface area contributed by atoms with Crippen molar-refractivity contribution in [1.29, 1.82) is 0 Å². The van der Waals surface area contributed by atoms with E-state index in [1.807, 2.05) is 0 Å². The molecule has 0 saturated carbocycles. The molecule has 0 aromatic heterocycles. The second-order valence-electron chi connectivity index (χ2n) is 4.61. The maximum Gasteiger partial charge on any atom is 0.0867 e. The molecule has 1 aliphatic heterocycles. The van der Waals surface area contributed by atoms with Gasteiger partial charge in [-0.05, 0) is 18.1 Å². The van der Waals surface area contributed by atoms with Crippen molar-refractivity contribution in [2.45, 2.75) is 25.6 Å². The van der Waals surface area contributed by atoms with Crippen LogP contribution in [0, 0.1) is 0 Å². The Kier molecular flexibility index (Phi) is 2.78. The Bertz CT molecular complexity index is 324. The van der Waals surface area contributed by atoms with Gasteiger partial charge in [0.25, 0.3) is 0 Å². The molecule has 0 fully saturated rings. The lowest BCUT2D eigenvalue weighted by Crippen LogP contribution is -2.44. The normalized spacial score (nSPS) is 19.9. The van der Waals surface area contributed by atoms with E-state index in [9.17, 15) is 5.11 Å². The number of β-amino-alcohol motifs (C(OH)–C–C–N with tert-alkyl or cyclic N) is 1. The Morgan fingerprint density at radius 2 is 1.87 bits per heavy atom. The predicted octanol–water partition coefficient (Wildman–Crippen LogP) is 0.712. The van der Waals surface area contributed by atoms with Crippen LogP contribution < -0.4 is 5.73 Å². The lowest BCUT2D eigenvalue weighted by atomic mass is 10.1. The van der Waals surface area contributed by atoms with Gasteiger partial charge in [0.05, 0.1) is 5.60 Å². The molecule has 1 aromatic rings. The highest BCUT2D eigenvalue weighted by Gasteiger charge is 2.26. The summed E-state index contributed by atoms with van der Waals surface area (Å²) in [5.74, 6) is 0. The molecule has 2 rings (SSSR count). The first-order valence-electron chi connectivity index (χ1n) is 5.32. The smallest absolute Gasteiger partial charge is 0.0867 e. The van der Waals surface area contributed by atoms with Crippen LogP contribution in [0.4, 0.5) is 0 Å². The first-order chi connectivity index (χ1) is 7.11. The Balaban J connectivity index is 2.02. The molecular weight excluding hydrogens is 188 g/mol. The van der Waals surface area contributed by atoms with Crippen LogP contribution in [0.5, 0.6) is 0 Å². The topological polar surface area (TPSA) is 49.5 Å². The molecule has 3 heteroatoms. The Morgan fingerprint density at radius 3 is 2.33 bits per heavy atom. The van der Waals surface area contributed by atoms with E-state index in [1.54, 1.807) is 6.92 Å². The van der Waals surface area contributed by atoms with Crippen LogP contribution >= 0.6 is 0 Å².